The van der Waals surface area contributed by atoms with E-state index < -0.39 is 5.97 Å². The van der Waals surface area contributed by atoms with Crippen molar-refractivity contribution in [3.05, 3.63) is 34.3 Å². The number of hydrogen-bond acceptors (Lipinski definition) is 3. The summed E-state index contributed by atoms with van der Waals surface area (Å²) < 4.78 is 1.82. The van der Waals surface area contributed by atoms with E-state index in [0.717, 1.165) is 0 Å². The first kappa shape index (κ1) is 9.68. The standard InChI is InChI=1S/C9H4BrN3O2/c10-7-6-3-5(4-11)1-2-13(6)8(12-7)9(14)15/h1-3H,(H,14,15). The zero-order chi connectivity index (χ0) is 11.0. The third-order valence-corrected chi connectivity index (χ3v) is 2.50. The van der Waals surface area contributed by atoms with Crippen molar-refractivity contribution in [1.82, 2.24) is 9.38 Å². The number of imidazole rings is 1. The lowest BCUT2D eigenvalue weighted by molar-refractivity contribution is 0.0682. The molecule has 0 aliphatic heterocycles. The maximum atomic E-state index is 10.8. The van der Waals surface area contributed by atoms with Crippen molar-refractivity contribution in [2.45, 2.75) is 0 Å². The number of aromatic carboxylic acids is 1. The highest BCUT2D eigenvalue weighted by atomic mass is 79.9. The molecule has 0 atom stereocenters. The monoisotopic (exact) mass is 265 g/mol. The lowest BCUT2D eigenvalue weighted by atomic mass is 10.3. The van der Waals surface area contributed by atoms with Crippen LogP contribution in [-0.4, -0.2) is 20.5 Å². The molecule has 2 rings (SSSR count). The molecule has 0 saturated heterocycles. The van der Waals surface area contributed by atoms with E-state index in [9.17, 15) is 4.79 Å². The van der Waals surface area contributed by atoms with Crippen LogP contribution >= 0.6 is 15.9 Å². The number of carbonyl (C=O) groups is 1. The number of nitriles is 1. The molecule has 0 amide bonds. The third-order valence-electron chi connectivity index (χ3n) is 1.92. The van der Waals surface area contributed by atoms with Gasteiger partial charge in [0.1, 0.15) is 4.60 Å². The molecule has 0 saturated carbocycles. The van der Waals surface area contributed by atoms with E-state index in [1.165, 1.54) is 16.7 Å². The van der Waals surface area contributed by atoms with Gasteiger partial charge in [0.25, 0.3) is 0 Å². The third kappa shape index (κ3) is 1.47. The molecule has 0 bridgehead atoms. The predicted molar refractivity (Wildman–Crippen MR) is 54.6 cm³/mol. The average molecular weight is 266 g/mol. The molecule has 74 valence electrons. The van der Waals surface area contributed by atoms with E-state index >= 15 is 0 Å². The normalized spacial score (nSPS) is 10.1. The van der Waals surface area contributed by atoms with Gasteiger partial charge in [0.15, 0.2) is 0 Å². The maximum absolute atomic E-state index is 10.8. The second kappa shape index (κ2) is 3.37. The molecule has 15 heavy (non-hydrogen) atoms. The van der Waals surface area contributed by atoms with Gasteiger partial charge in [0, 0.05) is 6.20 Å². The molecule has 0 aliphatic rings. The van der Waals surface area contributed by atoms with E-state index in [1.807, 2.05) is 6.07 Å². The first-order valence-electron chi connectivity index (χ1n) is 3.94. The molecule has 0 fully saturated rings. The molecular formula is C9H4BrN3O2. The Kier molecular flexibility index (Phi) is 2.17. The highest BCUT2D eigenvalue weighted by Crippen LogP contribution is 2.19. The Bertz CT molecular complexity index is 597. The maximum Gasteiger partial charge on any atom is 0.372 e. The lowest BCUT2D eigenvalue weighted by Gasteiger charge is -1.96. The Morgan fingerprint density at radius 2 is 2.40 bits per heavy atom. The first-order valence-corrected chi connectivity index (χ1v) is 4.74. The van der Waals surface area contributed by atoms with Crippen LogP contribution in [0.4, 0.5) is 0 Å². The van der Waals surface area contributed by atoms with Gasteiger partial charge in [-0.1, -0.05) is 0 Å². The van der Waals surface area contributed by atoms with Crippen LogP contribution in [-0.2, 0) is 0 Å². The van der Waals surface area contributed by atoms with Crippen LogP contribution in [0.1, 0.15) is 16.2 Å². The van der Waals surface area contributed by atoms with Crippen LogP contribution in [0.2, 0.25) is 0 Å². The van der Waals surface area contributed by atoms with Crippen LogP contribution in [0.3, 0.4) is 0 Å². The van der Waals surface area contributed by atoms with Gasteiger partial charge in [-0.2, -0.15) is 5.26 Å². The van der Waals surface area contributed by atoms with Crippen LogP contribution in [0.15, 0.2) is 22.9 Å². The quantitative estimate of drug-likeness (QED) is 0.851. The summed E-state index contributed by atoms with van der Waals surface area (Å²) in [6.07, 6.45) is 1.51. The summed E-state index contributed by atoms with van der Waals surface area (Å²) in [6, 6.07) is 5.08. The van der Waals surface area contributed by atoms with Crippen molar-refractivity contribution in [2.75, 3.05) is 0 Å². The van der Waals surface area contributed by atoms with Crippen LogP contribution in [0.5, 0.6) is 0 Å². The van der Waals surface area contributed by atoms with Gasteiger partial charge in [-0.05, 0) is 28.1 Å². The highest BCUT2D eigenvalue weighted by Gasteiger charge is 2.14. The summed E-state index contributed by atoms with van der Waals surface area (Å²) in [6.45, 7) is 0. The van der Waals surface area contributed by atoms with Gasteiger partial charge in [0.2, 0.25) is 5.82 Å². The van der Waals surface area contributed by atoms with Crippen molar-refractivity contribution in [3.63, 3.8) is 0 Å². The summed E-state index contributed by atoms with van der Waals surface area (Å²) in [4.78, 5) is 14.6. The minimum absolute atomic E-state index is 0.0821. The van der Waals surface area contributed by atoms with E-state index in [4.69, 9.17) is 10.4 Å². The van der Waals surface area contributed by atoms with Crippen molar-refractivity contribution < 1.29 is 9.90 Å². The summed E-state index contributed by atoms with van der Waals surface area (Å²) in [5, 5.41) is 17.5. The van der Waals surface area contributed by atoms with Crippen molar-refractivity contribution >= 4 is 27.4 Å². The molecular weight excluding hydrogens is 262 g/mol. The smallest absolute Gasteiger partial charge is 0.372 e. The fourth-order valence-corrected chi connectivity index (χ4v) is 1.74. The molecule has 0 unspecified atom stereocenters. The fraction of sp³-hybridized carbons (Fsp3) is 0. The van der Waals surface area contributed by atoms with Crippen molar-refractivity contribution in [1.29, 1.82) is 5.26 Å². The minimum Gasteiger partial charge on any atom is -0.475 e. The second-order valence-corrected chi connectivity index (χ2v) is 3.56. The predicted octanol–water partition coefficient (Wildman–Crippen LogP) is 1.67. The molecule has 5 nitrogen and oxygen atoms in total. The number of aromatic nitrogens is 2. The highest BCUT2D eigenvalue weighted by molar-refractivity contribution is 9.10. The Morgan fingerprint density at radius 3 is 3.00 bits per heavy atom. The Balaban J connectivity index is 2.82. The molecule has 2 heterocycles. The minimum atomic E-state index is -1.11. The fourth-order valence-electron chi connectivity index (χ4n) is 1.27. The Hall–Kier alpha value is -1.87. The van der Waals surface area contributed by atoms with Crippen molar-refractivity contribution in [2.24, 2.45) is 0 Å². The summed E-state index contributed by atoms with van der Waals surface area (Å²) in [7, 11) is 0. The van der Waals surface area contributed by atoms with Gasteiger partial charge in [0.05, 0.1) is 17.1 Å². The van der Waals surface area contributed by atoms with Gasteiger partial charge < -0.3 is 5.11 Å². The second-order valence-electron chi connectivity index (χ2n) is 2.81. The zero-order valence-corrected chi connectivity index (χ0v) is 8.89. The topological polar surface area (TPSA) is 78.4 Å². The molecule has 0 radical (unpaired) electrons. The molecule has 0 aromatic carbocycles. The SMILES string of the molecule is N#Cc1ccn2c(C(=O)O)nc(Br)c2c1. The number of carboxylic acids is 1. The summed E-state index contributed by atoms with van der Waals surface area (Å²) in [5.74, 6) is -1.19. The number of carboxylic acid groups (broad SMARTS) is 1. The number of rotatable bonds is 1. The molecule has 1 N–H and O–H groups in total. The Morgan fingerprint density at radius 1 is 1.67 bits per heavy atom. The van der Waals surface area contributed by atoms with Crippen molar-refractivity contribution in [3.8, 4) is 6.07 Å². The largest absolute Gasteiger partial charge is 0.475 e. The van der Waals surface area contributed by atoms with Gasteiger partial charge in [-0.15, -0.1) is 0 Å². The molecule has 2 aromatic heterocycles. The van der Waals surface area contributed by atoms with E-state index in [0.29, 0.717) is 15.7 Å². The zero-order valence-electron chi connectivity index (χ0n) is 7.31. The van der Waals surface area contributed by atoms with E-state index in [-0.39, 0.29) is 5.82 Å². The number of pyridine rings is 1. The van der Waals surface area contributed by atoms with Gasteiger partial charge in [-0.3, -0.25) is 4.40 Å². The number of fused-ring (bicyclic) bond motifs is 1. The first-order chi connectivity index (χ1) is 7.13. The van der Waals surface area contributed by atoms with Crippen LogP contribution < -0.4 is 0 Å². The van der Waals surface area contributed by atoms with Crippen LogP contribution in [0, 0.1) is 11.3 Å². The number of hydrogen-bond donors (Lipinski definition) is 1. The average Bonchev–Trinajstić information content (AvgIpc) is 2.56. The molecule has 2 aromatic rings. The number of nitrogens with zero attached hydrogens (tertiary/aromatic N) is 3. The van der Waals surface area contributed by atoms with Gasteiger partial charge in [-0.25, -0.2) is 9.78 Å². The lowest BCUT2D eigenvalue weighted by Crippen LogP contribution is -2.03. The molecule has 0 aliphatic carbocycles. The summed E-state index contributed by atoms with van der Waals surface area (Å²) >= 11 is 3.14. The number of halogens is 1. The molecule has 0 spiro atoms. The van der Waals surface area contributed by atoms with E-state index in [1.54, 1.807) is 6.07 Å². The Labute approximate surface area is 92.7 Å². The van der Waals surface area contributed by atoms with Gasteiger partial charge >= 0.3 is 5.97 Å². The van der Waals surface area contributed by atoms with Crippen LogP contribution in [0.25, 0.3) is 5.52 Å². The molecule has 6 heteroatoms. The summed E-state index contributed by atoms with van der Waals surface area (Å²) in [5.41, 5.74) is 1.02. The van der Waals surface area contributed by atoms with E-state index in [2.05, 4.69) is 20.9 Å².